The quantitative estimate of drug-likeness (QED) is 0.479. The fraction of sp³-hybridized carbons (Fsp3) is 0.533. The predicted molar refractivity (Wildman–Crippen MR) is 158 cm³/mol. The Morgan fingerprint density at radius 2 is 1.98 bits per heavy atom. The standard InChI is InChI=1S/C30H41N7O3/c1-5-9-21-18-37(23-10-7-6-8-11-23)27-25(36(3)29(21)39)17-31-30(34-27)33-24-13-12-20(16-26(24)40-4)28(38)32-22-14-15-35(2)19-22/h5,12-13,16-17,21-23H,1,6-11,14-15,18-19H2,2-4H3,(H,32,38)(H,31,33,34)/t21?,22-/m1/s1. The third kappa shape index (κ3) is 5.91. The Bertz CT molecular complexity index is 1250. The first-order valence-corrected chi connectivity index (χ1v) is 14.3. The Kier molecular flexibility index (Phi) is 8.54. The van der Waals surface area contributed by atoms with Gasteiger partial charge < -0.3 is 30.1 Å². The molecule has 0 radical (unpaired) electrons. The molecule has 10 nitrogen and oxygen atoms in total. The molecule has 1 unspecified atom stereocenters. The SMILES string of the molecule is C=CCC1CN(C2CCCCC2)c2nc(Nc3ccc(C(=O)N[C@@H]4CCN(C)C4)cc3OC)ncc2N(C)C1=O. The van der Waals surface area contributed by atoms with Gasteiger partial charge in [0.2, 0.25) is 11.9 Å². The van der Waals surface area contributed by atoms with Crippen molar-refractivity contribution in [1.29, 1.82) is 0 Å². The summed E-state index contributed by atoms with van der Waals surface area (Å²) in [4.78, 5) is 42.0. The summed E-state index contributed by atoms with van der Waals surface area (Å²) in [5.41, 5.74) is 1.91. The maximum Gasteiger partial charge on any atom is 0.251 e. The summed E-state index contributed by atoms with van der Waals surface area (Å²) in [7, 11) is 5.44. The number of likely N-dealkylation sites (N-methyl/N-ethyl adjacent to an activating group) is 1. The van der Waals surface area contributed by atoms with Gasteiger partial charge >= 0.3 is 0 Å². The molecule has 3 heterocycles. The van der Waals surface area contributed by atoms with E-state index in [4.69, 9.17) is 9.72 Å². The lowest BCUT2D eigenvalue weighted by Crippen LogP contribution is -2.41. The summed E-state index contributed by atoms with van der Waals surface area (Å²) < 4.78 is 5.64. The second kappa shape index (κ2) is 12.2. The van der Waals surface area contributed by atoms with Crippen LogP contribution in [-0.2, 0) is 4.79 Å². The third-order valence-electron chi connectivity index (χ3n) is 8.38. The van der Waals surface area contributed by atoms with E-state index in [1.807, 2.05) is 12.1 Å². The number of fused-ring (bicyclic) bond motifs is 1. The average Bonchev–Trinajstić information content (AvgIpc) is 3.35. The lowest BCUT2D eigenvalue weighted by molar-refractivity contribution is -0.121. The summed E-state index contributed by atoms with van der Waals surface area (Å²) in [5.74, 6) is 1.46. The van der Waals surface area contributed by atoms with Gasteiger partial charge in [-0.2, -0.15) is 4.98 Å². The lowest BCUT2D eigenvalue weighted by Gasteiger charge is -2.36. The van der Waals surface area contributed by atoms with E-state index >= 15 is 0 Å². The highest BCUT2D eigenvalue weighted by atomic mass is 16.5. The molecule has 1 saturated carbocycles. The van der Waals surface area contributed by atoms with Crippen LogP contribution in [0.5, 0.6) is 5.75 Å². The van der Waals surface area contributed by atoms with Crippen molar-refractivity contribution in [3.05, 3.63) is 42.6 Å². The van der Waals surface area contributed by atoms with Gasteiger partial charge in [-0.15, -0.1) is 6.58 Å². The van der Waals surface area contributed by atoms with E-state index < -0.39 is 0 Å². The highest BCUT2D eigenvalue weighted by molar-refractivity contribution is 5.99. The normalized spacial score (nSPS) is 22.0. The molecule has 0 spiro atoms. The van der Waals surface area contributed by atoms with Crippen LogP contribution < -0.4 is 25.2 Å². The minimum absolute atomic E-state index is 0.0588. The van der Waals surface area contributed by atoms with E-state index in [2.05, 4.69) is 39.0 Å². The number of rotatable bonds is 8. The Morgan fingerprint density at radius 1 is 1.18 bits per heavy atom. The summed E-state index contributed by atoms with van der Waals surface area (Å²) in [5, 5.41) is 6.41. The van der Waals surface area contributed by atoms with Crippen LogP contribution in [0.4, 0.5) is 23.1 Å². The highest BCUT2D eigenvalue weighted by Gasteiger charge is 2.36. The molecular formula is C30H41N7O3. The molecule has 1 aliphatic carbocycles. The largest absolute Gasteiger partial charge is 0.495 e. The molecule has 214 valence electrons. The molecule has 1 aromatic carbocycles. The molecule has 2 atom stereocenters. The fourth-order valence-electron chi connectivity index (χ4n) is 6.14. The molecule has 3 aliphatic rings. The van der Waals surface area contributed by atoms with Gasteiger partial charge in [-0.1, -0.05) is 25.3 Å². The number of nitrogens with zero attached hydrogens (tertiary/aromatic N) is 5. The Labute approximate surface area is 236 Å². The van der Waals surface area contributed by atoms with Crippen molar-refractivity contribution in [2.45, 2.75) is 57.0 Å². The maximum absolute atomic E-state index is 13.3. The molecule has 2 amide bonds. The van der Waals surface area contributed by atoms with E-state index in [9.17, 15) is 9.59 Å². The average molecular weight is 548 g/mol. The zero-order chi connectivity index (χ0) is 28.2. The molecule has 40 heavy (non-hydrogen) atoms. The number of ether oxygens (including phenoxy) is 1. The molecule has 2 N–H and O–H groups in total. The molecular weight excluding hydrogens is 506 g/mol. The molecule has 2 fully saturated rings. The third-order valence-corrected chi connectivity index (χ3v) is 8.38. The first-order valence-electron chi connectivity index (χ1n) is 14.3. The summed E-state index contributed by atoms with van der Waals surface area (Å²) in [6, 6.07) is 5.81. The van der Waals surface area contributed by atoms with Crippen LogP contribution in [0.1, 0.15) is 55.3 Å². The fourth-order valence-corrected chi connectivity index (χ4v) is 6.14. The maximum atomic E-state index is 13.3. The molecule has 1 aromatic heterocycles. The van der Waals surface area contributed by atoms with E-state index in [-0.39, 0.29) is 23.8 Å². The molecule has 1 saturated heterocycles. The summed E-state index contributed by atoms with van der Waals surface area (Å²) >= 11 is 0. The number of carbonyl (C=O) groups excluding carboxylic acids is 2. The Morgan fingerprint density at radius 3 is 2.67 bits per heavy atom. The molecule has 10 heteroatoms. The number of anilines is 4. The molecule has 0 bridgehead atoms. The molecule has 2 aromatic rings. The van der Waals surface area contributed by atoms with Gasteiger partial charge in [0.1, 0.15) is 11.4 Å². The summed E-state index contributed by atoms with van der Waals surface area (Å²) in [6.45, 7) is 6.33. The van der Waals surface area contributed by atoms with Crippen LogP contribution in [0.3, 0.4) is 0 Å². The van der Waals surface area contributed by atoms with Crippen molar-refractivity contribution in [1.82, 2.24) is 20.2 Å². The van der Waals surface area contributed by atoms with Crippen LogP contribution in [0.25, 0.3) is 0 Å². The van der Waals surface area contributed by atoms with Gasteiger partial charge in [0.05, 0.1) is 24.9 Å². The minimum atomic E-state index is -0.182. The smallest absolute Gasteiger partial charge is 0.251 e. The van der Waals surface area contributed by atoms with Gasteiger partial charge in [0.25, 0.3) is 5.91 Å². The number of aromatic nitrogens is 2. The van der Waals surface area contributed by atoms with Crippen LogP contribution in [-0.4, -0.2) is 79.6 Å². The first-order chi connectivity index (χ1) is 19.4. The number of nitrogens with one attached hydrogen (secondary N) is 2. The number of allylic oxidation sites excluding steroid dienone is 1. The Balaban J connectivity index is 1.41. The zero-order valence-corrected chi connectivity index (χ0v) is 23.9. The van der Waals surface area contributed by atoms with Crippen molar-refractivity contribution in [3.8, 4) is 5.75 Å². The van der Waals surface area contributed by atoms with Crippen molar-refractivity contribution >= 4 is 35.0 Å². The van der Waals surface area contributed by atoms with Gasteiger partial charge in [-0.05, 0) is 57.5 Å². The molecule has 2 aliphatic heterocycles. The lowest BCUT2D eigenvalue weighted by atomic mass is 9.93. The van der Waals surface area contributed by atoms with Crippen LogP contribution >= 0.6 is 0 Å². The topological polar surface area (TPSA) is 103 Å². The zero-order valence-electron chi connectivity index (χ0n) is 23.9. The van der Waals surface area contributed by atoms with Gasteiger partial charge in [-0.3, -0.25) is 9.59 Å². The number of benzene rings is 1. The second-order valence-corrected chi connectivity index (χ2v) is 11.2. The predicted octanol–water partition coefficient (Wildman–Crippen LogP) is 3.97. The van der Waals surface area contributed by atoms with Crippen molar-refractivity contribution in [3.63, 3.8) is 0 Å². The first kappa shape index (κ1) is 27.9. The summed E-state index contributed by atoms with van der Waals surface area (Å²) in [6.07, 6.45) is 10.9. The van der Waals surface area contributed by atoms with Crippen LogP contribution in [0.15, 0.2) is 37.1 Å². The number of likely N-dealkylation sites (tertiary alicyclic amines) is 1. The van der Waals surface area contributed by atoms with Gasteiger partial charge in [0, 0.05) is 37.8 Å². The number of methoxy groups -OCH3 is 1. The van der Waals surface area contributed by atoms with E-state index in [0.29, 0.717) is 47.6 Å². The van der Waals surface area contributed by atoms with E-state index in [1.54, 1.807) is 37.4 Å². The van der Waals surface area contributed by atoms with Crippen molar-refractivity contribution in [2.24, 2.45) is 5.92 Å². The van der Waals surface area contributed by atoms with Gasteiger partial charge in [0.15, 0.2) is 5.82 Å². The van der Waals surface area contributed by atoms with Crippen LogP contribution in [0.2, 0.25) is 0 Å². The number of amides is 2. The van der Waals surface area contributed by atoms with E-state index in [0.717, 1.165) is 38.2 Å². The van der Waals surface area contributed by atoms with Crippen LogP contribution in [0, 0.1) is 5.92 Å². The van der Waals surface area contributed by atoms with Crippen molar-refractivity contribution in [2.75, 3.05) is 56.0 Å². The van der Waals surface area contributed by atoms with Gasteiger partial charge in [-0.25, -0.2) is 4.98 Å². The monoisotopic (exact) mass is 547 g/mol. The number of carbonyl (C=O) groups is 2. The van der Waals surface area contributed by atoms with E-state index in [1.165, 1.54) is 19.3 Å². The number of hydrogen-bond donors (Lipinski definition) is 2. The Hall–Kier alpha value is -3.66. The minimum Gasteiger partial charge on any atom is -0.495 e. The van der Waals surface area contributed by atoms with Crippen molar-refractivity contribution < 1.29 is 14.3 Å². The molecule has 5 rings (SSSR count). The second-order valence-electron chi connectivity index (χ2n) is 11.2. The highest BCUT2D eigenvalue weighted by Crippen LogP contribution is 2.38. The number of hydrogen-bond acceptors (Lipinski definition) is 8.